The van der Waals surface area contributed by atoms with Gasteiger partial charge < -0.3 is 14.1 Å². The van der Waals surface area contributed by atoms with Crippen LogP contribution in [-0.2, 0) is 22.6 Å². The number of halogens is 1. The zero-order valence-corrected chi connectivity index (χ0v) is 16.9. The fourth-order valence-electron chi connectivity index (χ4n) is 3.50. The number of benzene rings is 1. The number of oxazole rings is 1. The Bertz CT molecular complexity index is 1010. The van der Waals surface area contributed by atoms with E-state index in [1.807, 2.05) is 22.4 Å². The van der Waals surface area contributed by atoms with Crippen molar-refractivity contribution in [2.45, 2.75) is 38.5 Å². The molecule has 0 saturated carbocycles. The molecule has 0 radical (unpaired) electrons. The number of aryl methyl sites for hydroxylation is 1. The molecule has 1 atom stereocenters. The van der Waals surface area contributed by atoms with Gasteiger partial charge in [0.15, 0.2) is 5.58 Å². The van der Waals surface area contributed by atoms with Crippen LogP contribution in [0.4, 0.5) is 0 Å². The van der Waals surface area contributed by atoms with E-state index in [2.05, 4.69) is 0 Å². The summed E-state index contributed by atoms with van der Waals surface area (Å²) in [5, 5.41) is 2.51. The second-order valence-electron chi connectivity index (χ2n) is 6.87. The number of aromatic nitrogens is 1. The van der Waals surface area contributed by atoms with E-state index < -0.39 is 5.76 Å². The molecule has 8 heteroatoms. The van der Waals surface area contributed by atoms with Gasteiger partial charge >= 0.3 is 5.76 Å². The number of hydrogen-bond donors (Lipinski definition) is 0. The van der Waals surface area contributed by atoms with Crippen molar-refractivity contribution < 1.29 is 13.9 Å². The third-order valence-electron chi connectivity index (χ3n) is 4.91. The molecule has 2 aromatic heterocycles. The van der Waals surface area contributed by atoms with Crippen LogP contribution < -0.4 is 5.76 Å². The average molecular weight is 421 g/mol. The Morgan fingerprint density at radius 1 is 1.36 bits per heavy atom. The van der Waals surface area contributed by atoms with E-state index in [0.29, 0.717) is 29.2 Å². The summed E-state index contributed by atoms with van der Waals surface area (Å²) in [6.45, 7) is 2.16. The van der Waals surface area contributed by atoms with Crippen LogP contribution in [0.15, 0.2) is 44.9 Å². The third kappa shape index (κ3) is 4.32. The van der Waals surface area contributed by atoms with Gasteiger partial charge in [-0.25, -0.2) is 4.79 Å². The maximum absolute atomic E-state index is 13.0. The fourth-order valence-corrected chi connectivity index (χ4v) is 4.38. The van der Waals surface area contributed by atoms with E-state index in [9.17, 15) is 9.59 Å². The number of thiophene rings is 1. The molecule has 1 amide bonds. The predicted molar refractivity (Wildman–Crippen MR) is 109 cm³/mol. The number of amides is 1. The zero-order chi connectivity index (χ0) is 19.5. The molecule has 0 bridgehead atoms. The van der Waals surface area contributed by atoms with Gasteiger partial charge in [0.1, 0.15) is 0 Å². The van der Waals surface area contributed by atoms with Crippen LogP contribution in [0.5, 0.6) is 0 Å². The number of fused-ring (bicyclic) bond motifs is 1. The van der Waals surface area contributed by atoms with Gasteiger partial charge in [-0.05, 0) is 36.4 Å². The van der Waals surface area contributed by atoms with Crippen LogP contribution in [0.1, 0.15) is 24.1 Å². The molecule has 6 nitrogen and oxygen atoms in total. The number of rotatable bonds is 7. The molecule has 1 aromatic carbocycles. The van der Waals surface area contributed by atoms with Crippen LogP contribution >= 0.6 is 22.9 Å². The monoisotopic (exact) mass is 420 g/mol. The summed E-state index contributed by atoms with van der Waals surface area (Å²) >= 11 is 7.59. The second kappa shape index (κ2) is 8.51. The van der Waals surface area contributed by atoms with Crippen LogP contribution in [-0.4, -0.2) is 34.6 Å². The van der Waals surface area contributed by atoms with Crippen molar-refractivity contribution in [2.75, 3.05) is 13.2 Å². The summed E-state index contributed by atoms with van der Waals surface area (Å²) in [5.41, 5.74) is 1.07. The number of ether oxygens (including phenoxy) is 1. The molecule has 1 aliphatic heterocycles. The Labute approximate surface area is 171 Å². The van der Waals surface area contributed by atoms with Crippen LogP contribution in [0.25, 0.3) is 11.1 Å². The smallest absolute Gasteiger partial charge is 0.408 e. The molecule has 1 aliphatic rings. The first-order valence-electron chi connectivity index (χ1n) is 9.31. The molecular formula is C20H21ClN2O4S. The van der Waals surface area contributed by atoms with Gasteiger partial charge in [0.25, 0.3) is 0 Å². The number of carbonyl (C=O) groups excluding carboxylic acids is 1. The van der Waals surface area contributed by atoms with E-state index in [4.69, 9.17) is 20.8 Å². The number of carbonyl (C=O) groups is 1. The van der Waals surface area contributed by atoms with Crippen molar-refractivity contribution in [3.63, 3.8) is 0 Å². The number of hydrogen-bond acceptors (Lipinski definition) is 5. The molecule has 0 spiro atoms. The molecule has 3 heterocycles. The lowest BCUT2D eigenvalue weighted by atomic mass is 10.2. The van der Waals surface area contributed by atoms with Crippen molar-refractivity contribution in [1.29, 1.82) is 0 Å². The summed E-state index contributed by atoms with van der Waals surface area (Å²) in [5.74, 6) is -0.479. The molecule has 0 aliphatic carbocycles. The molecule has 3 aromatic rings. The molecule has 148 valence electrons. The highest BCUT2D eigenvalue weighted by Gasteiger charge is 2.23. The van der Waals surface area contributed by atoms with Crippen LogP contribution in [0, 0.1) is 0 Å². The Hall–Kier alpha value is -2.09. The first-order valence-corrected chi connectivity index (χ1v) is 10.6. The minimum absolute atomic E-state index is 0.000821. The summed E-state index contributed by atoms with van der Waals surface area (Å²) in [6.07, 6.45) is 2.31. The SMILES string of the molecule is O=C(CCn1c(=O)oc2cc(Cl)ccc21)N(Cc1cccs1)CC1CCCO1. The van der Waals surface area contributed by atoms with Crippen molar-refractivity contribution in [3.05, 3.63) is 56.2 Å². The highest BCUT2D eigenvalue weighted by molar-refractivity contribution is 7.09. The van der Waals surface area contributed by atoms with Gasteiger partial charge in [0, 0.05) is 42.1 Å². The molecule has 4 rings (SSSR count). The summed E-state index contributed by atoms with van der Waals surface area (Å²) in [7, 11) is 0. The zero-order valence-electron chi connectivity index (χ0n) is 15.3. The lowest BCUT2D eigenvalue weighted by molar-refractivity contribution is -0.133. The topological polar surface area (TPSA) is 64.7 Å². The van der Waals surface area contributed by atoms with Crippen molar-refractivity contribution in [3.8, 4) is 0 Å². The van der Waals surface area contributed by atoms with Crippen molar-refractivity contribution in [2.24, 2.45) is 0 Å². The highest BCUT2D eigenvalue weighted by atomic mass is 35.5. The van der Waals surface area contributed by atoms with Crippen molar-refractivity contribution >= 4 is 39.9 Å². The standard InChI is InChI=1S/C20H21ClN2O4S/c21-14-5-6-17-18(11-14)27-20(25)23(17)8-7-19(24)22(12-15-3-1-9-26-15)13-16-4-2-10-28-16/h2,4-6,10-11,15H,1,3,7-9,12-13H2. The van der Waals surface area contributed by atoms with Gasteiger partial charge in [0.2, 0.25) is 5.91 Å². The molecule has 1 fully saturated rings. The largest absolute Gasteiger partial charge is 0.419 e. The normalized spacial score (nSPS) is 16.7. The van der Waals surface area contributed by atoms with Crippen molar-refractivity contribution in [1.82, 2.24) is 9.47 Å². The van der Waals surface area contributed by atoms with Crippen LogP contribution in [0.3, 0.4) is 0 Å². The highest BCUT2D eigenvalue weighted by Crippen LogP contribution is 2.20. The third-order valence-corrected chi connectivity index (χ3v) is 6.00. The Balaban J connectivity index is 1.47. The minimum atomic E-state index is -0.478. The Morgan fingerprint density at radius 3 is 3.00 bits per heavy atom. The van der Waals surface area contributed by atoms with E-state index in [1.165, 1.54) is 4.57 Å². The first kappa shape index (κ1) is 19.2. The lowest BCUT2D eigenvalue weighted by Gasteiger charge is -2.25. The lowest BCUT2D eigenvalue weighted by Crippen LogP contribution is -2.37. The Kier molecular flexibility index (Phi) is 5.85. The fraction of sp³-hybridized carbons (Fsp3) is 0.400. The molecule has 28 heavy (non-hydrogen) atoms. The quantitative estimate of drug-likeness (QED) is 0.581. The van der Waals surface area contributed by atoms with E-state index in [0.717, 1.165) is 24.3 Å². The van der Waals surface area contributed by atoms with Gasteiger partial charge in [-0.2, -0.15) is 0 Å². The van der Waals surface area contributed by atoms with E-state index in [1.54, 1.807) is 29.5 Å². The average Bonchev–Trinajstić information content (AvgIpc) is 3.41. The van der Waals surface area contributed by atoms with Gasteiger partial charge in [0.05, 0.1) is 18.2 Å². The van der Waals surface area contributed by atoms with E-state index in [-0.39, 0.29) is 25.0 Å². The predicted octanol–water partition coefficient (Wildman–Crippen LogP) is 3.91. The van der Waals surface area contributed by atoms with E-state index >= 15 is 0 Å². The summed E-state index contributed by atoms with van der Waals surface area (Å²) < 4.78 is 12.4. The summed E-state index contributed by atoms with van der Waals surface area (Å²) in [6, 6.07) is 9.06. The Morgan fingerprint density at radius 2 is 2.25 bits per heavy atom. The van der Waals surface area contributed by atoms with Gasteiger partial charge in [-0.15, -0.1) is 11.3 Å². The first-order chi connectivity index (χ1) is 13.6. The van der Waals surface area contributed by atoms with Gasteiger partial charge in [-0.3, -0.25) is 9.36 Å². The second-order valence-corrected chi connectivity index (χ2v) is 8.34. The molecule has 0 N–H and O–H groups in total. The number of nitrogens with zero attached hydrogens (tertiary/aromatic N) is 2. The molecule has 1 saturated heterocycles. The molecular weight excluding hydrogens is 400 g/mol. The van der Waals surface area contributed by atoms with Gasteiger partial charge in [-0.1, -0.05) is 17.7 Å². The van der Waals surface area contributed by atoms with Crippen LogP contribution in [0.2, 0.25) is 5.02 Å². The summed E-state index contributed by atoms with van der Waals surface area (Å²) in [4.78, 5) is 28.1. The maximum atomic E-state index is 13.0. The minimum Gasteiger partial charge on any atom is -0.408 e. The molecule has 1 unspecified atom stereocenters. The maximum Gasteiger partial charge on any atom is 0.419 e.